The molecule has 0 N–H and O–H groups in total. The molecule has 14 heavy (non-hydrogen) atoms. The van der Waals surface area contributed by atoms with Crippen LogP contribution in [0, 0.1) is 0 Å². The van der Waals surface area contributed by atoms with E-state index in [4.69, 9.17) is 9.15 Å². The lowest BCUT2D eigenvalue weighted by Gasteiger charge is -2.00. The summed E-state index contributed by atoms with van der Waals surface area (Å²) in [4.78, 5) is 3.95. The Balaban J connectivity index is 2.39. The van der Waals surface area contributed by atoms with Crippen molar-refractivity contribution in [1.82, 2.24) is 4.98 Å². The van der Waals surface area contributed by atoms with Crippen molar-refractivity contribution in [3.63, 3.8) is 0 Å². The maximum Gasteiger partial charge on any atom is 0.182 e. The number of nitrogens with zero attached hydrogens (tertiary/aromatic N) is 1. The van der Waals surface area contributed by atoms with Crippen molar-refractivity contribution in [1.29, 1.82) is 0 Å². The standard InChI is InChI=1S/C10H8BrNO2/c1-13-8-4-2-7(3-5-8)9-10(11)12-6-14-9/h2-6H,1H3. The average Bonchev–Trinajstić information content (AvgIpc) is 2.65. The molecule has 0 saturated heterocycles. The van der Waals surface area contributed by atoms with E-state index in [9.17, 15) is 0 Å². The largest absolute Gasteiger partial charge is 0.497 e. The van der Waals surface area contributed by atoms with E-state index in [1.807, 2.05) is 24.3 Å². The summed E-state index contributed by atoms with van der Waals surface area (Å²) in [6.07, 6.45) is 1.41. The van der Waals surface area contributed by atoms with Crippen LogP contribution in [0.15, 0.2) is 39.7 Å². The Labute approximate surface area is 89.8 Å². The molecule has 2 rings (SSSR count). The van der Waals surface area contributed by atoms with Crippen LogP contribution in [-0.4, -0.2) is 12.1 Å². The van der Waals surface area contributed by atoms with E-state index in [-0.39, 0.29) is 0 Å². The molecule has 0 unspecified atom stereocenters. The van der Waals surface area contributed by atoms with Crippen molar-refractivity contribution >= 4 is 15.9 Å². The summed E-state index contributed by atoms with van der Waals surface area (Å²) in [5, 5.41) is 0. The SMILES string of the molecule is COc1ccc(-c2ocnc2Br)cc1. The third kappa shape index (κ3) is 1.65. The van der Waals surface area contributed by atoms with Crippen LogP contribution in [0.1, 0.15) is 0 Å². The Hall–Kier alpha value is -1.29. The molecule has 0 amide bonds. The van der Waals surface area contributed by atoms with E-state index in [1.54, 1.807) is 7.11 Å². The second kappa shape index (κ2) is 3.84. The minimum atomic E-state index is 0.711. The van der Waals surface area contributed by atoms with Gasteiger partial charge >= 0.3 is 0 Å². The summed E-state index contributed by atoms with van der Waals surface area (Å²) in [6.45, 7) is 0. The van der Waals surface area contributed by atoms with E-state index in [2.05, 4.69) is 20.9 Å². The van der Waals surface area contributed by atoms with Gasteiger partial charge in [0.2, 0.25) is 0 Å². The molecule has 3 nitrogen and oxygen atoms in total. The Kier molecular flexibility index (Phi) is 2.54. The van der Waals surface area contributed by atoms with Gasteiger partial charge in [-0.2, -0.15) is 0 Å². The van der Waals surface area contributed by atoms with Gasteiger partial charge in [0.1, 0.15) is 5.75 Å². The minimum Gasteiger partial charge on any atom is -0.497 e. The first kappa shape index (κ1) is 9.27. The van der Waals surface area contributed by atoms with Crippen molar-refractivity contribution in [3.05, 3.63) is 35.3 Å². The van der Waals surface area contributed by atoms with Crippen LogP contribution in [0.2, 0.25) is 0 Å². The first-order chi connectivity index (χ1) is 6.81. The lowest BCUT2D eigenvalue weighted by atomic mass is 10.2. The Morgan fingerprint density at radius 2 is 2.00 bits per heavy atom. The van der Waals surface area contributed by atoms with E-state index in [0.717, 1.165) is 17.1 Å². The van der Waals surface area contributed by atoms with Gasteiger partial charge in [-0.15, -0.1) is 0 Å². The molecular formula is C10H8BrNO2. The van der Waals surface area contributed by atoms with Crippen LogP contribution in [0.5, 0.6) is 5.75 Å². The van der Waals surface area contributed by atoms with Crippen molar-refractivity contribution in [2.75, 3.05) is 7.11 Å². The Morgan fingerprint density at radius 1 is 1.29 bits per heavy atom. The fraction of sp³-hybridized carbons (Fsp3) is 0.100. The number of ether oxygens (including phenoxy) is 1. The van der Waals surface area contributed by atoms with Crippen molar-refractivity contribution in [3.8, 4) is 17.1 Å². The molecular weight excluding hydrogens is 246 g/mol. The third-order valence-electron chi connectivity index (χ3n) is 1.88. The highest BCUT2D eigenvalue weighted by atomic mass is 79.9. The molecule has 0 radical (unpaired) electrons. The van der Waals surface area contributed by atoms with Gasteiger partial charge in [-0.25, -0.2) is 4.98 Å². The van der Waals surface area contributed by atoms with Crippen LogP contribution >= 0.6 is 15.9 Å². The van der Waals surface area contributed by atoms with Gasteiger partial charge in [0, 0.05) is 5.56 Å². The second-order valence-electron chi connectivity index (χ2n) is 2.70. The molecule has 0 spiro atoms. The Bertz CT molecular complexity index is 422. The molecule has 1 aromatic carbocycles. The summed E-state index contributed by atoms with van der Waals surface area (Å²) in [6, 6.07) is 7.60. The van der Waals surface area contributed by atoms with Crippen LogP contribution in [0.4, 0.5) is 0 Å². The normalized spacial score (nSPS) is 10.1. The number of methoxy groups -OCH3 is 1. The van der Waals surface area contributed by atoms with E-state index < -0.39 is 0 Å². The molecule has 0 aliphatic carbocycles. The molecule has 2 aromatic rings. The quantitative estimate of drug-likeness (QED) is 0.825. The molecule has 1 aromatic heterocycles. The van der Waals surface area contributed by atoms with Gasteiger partial charge in [-0.1, -0.05) is 0 Å². The predicted molar refractivity (Wildman–Crippen MR) is 56.2 cm³/mol. The first-order valence-electron chi connectivity index (χ1n) is 4.04. The molecule has 72 valence electrons. The lowest BCUT2D eigenvalue weighted by molar-refractivity contribution is 0.415. The predicted octanol–water partition coefficient (Wildman–Crippen LogP) is 3.11. The van der Waals surface area contributed by atoms with E-state index in [1.165, 1.54) is 6.39 Å². The van der Waals surface area contributed by atoms with Gasteiger partial charge in [0.05, 0.1) is 7.11 Å². The van der Waals surface area contributed by atoms with E-state index in [0.29, 0.717) is 4.60 Å². The van der Waals surface area contributed by atoms with Gasteiger partial charge in [0.25, 0.3) is 0 Å². The van der Waals surface area contributed by atoms with Crippen LogP contribution in [0.3, 0.4) is 0 Å². The molecule has 0 saturated carbocycles. The molecule has 0 atom stereocenters. The van der Waals surface area contributed by atoms with Crippen molar-refractivity contribution in [2.45, 2.75) is 0 Å². The lowest BCUT2D eigenvalue weighted by Crippen LogP contribution is -1.82. The van der Waals surface area contributed by atoms with Gasteiger partial charge < -0.3 is 9.15 Å². The number of hydrogen-bond donors (Lipinski definition) is 0. The highest BCUT2D eigenvalue weighted by Gasteiger charge is 2.07. The van der Waals surface area contributed by atoms with Crippen molar-refractivity contribution < 1.29 is 9.15 Å². The number of halogens is 1. The summed E-state index contributed by atoms with van der Waals surface area (Å²) < 4.78 is 11.0. The maximum absolute atomic E-state index is 5.23. The topological polar surface area (TPSA) is 35.3 Å². The fourth-order valence-electron chi connectivity index (χ4n) is 1.16. The fourth-order valence-corrected chi connectivity index (χ4v) is 1.57. The number of rotatable bonds is 2. The van der Waals surface area contributed by atoms with Crippen LogP contribution in [-0.2, 0) is 0 Å². The van der Waals surface area contributed by atoms with Crippen molar-refractivity contribution in [2.24, 2.45) is 0 Å². The molecule has 1 heterocycles. The summed E-state index contributed by atoms with van der Waals surface area (Å²) in [5.41, 5.74) is 0.968. The molecule has 4 heteroatoms. The number of hydrogen-bond acceptors (Lipinski definition) is 3. The summed E-state index contributed by atoms with van der Waals surface area (Å²) >= 11 is 3.30. The maximum atomic E-state index is 5.23. The smallest absolute Gasteiger partial charge is 0.182 e. The minimum absolute atomic E-state index is 0.711. The number of aromatic nitrogens is 1. The number of oxazole rings is 1. The zero-order chi connectivity index (χ0) is 9.97. The molecule has 0 aliphatic heterocycles. The molecule has 0 fully saturated rings. The highest BCUT2D eigenvalue weighted by Crippen LogP contribution is 2.28. The zero-order valence-electron chi connectivity index (χ0n) is 7.53. The summed E-state index contributed by atoms with van der Waals surface area (Å²) in [5.74, 6) is 1.55. The average molecular weight is 254 g/mol. The van der Waals surface area contributed by atoms with Gasteiger partial charge in [-0.05, 0) is 40.2 Å². The van der Waals surface area contributed by atoms with Gasteiger partial charge in [0.15, 0.2) is 16.8 Å². The first-order valence-corrected chi connectivity index (χ1v) is 4.84. The van der Waals surface area contributed by atoms with E-state index >= 15 is 0 Å². The summed E-state index contributed by atoms with van der Waals surface area (Å²) in [7, 11) is 1.64. The van der Waals surface area contributed by atoms with Crippen LogP contribution in [0.25, 0.3) is 11.3 Å². The zero-order valence-corrected chi connectivity index (χ0v) is 9.11. The number of benzene rings is 1. The van der Waals surface area contributed by atoms with Crippen LogP contribution < -0.4 is 4.74 Å². The second-order valence-corrected chi connectivity index (χ2v) is 3.45. The van der Waals surface area contributed by atoms with Gasteiger partial charge in [-0.3, -0.25) is 0 Å². The third-order valence-corrected chi connectivity index (χ3v) is 2.44. The molecule has 0 bridgehead atoms. The Morgan fingerprint density at radius 3 is 2.50 bits per heavy atom. The monoisotopic (exact) mass is 253 g/mol. The highest BCUT2D eigenvalue weighted by molar-refractivity contribution is 9.10. The molecule has 0 aliphatic rings.